The van der Waals surface area contributed by atoms with Gasteiger partial charge in [0.25, 0.3) is 0 Å². The molecule has 1 aliphatic rings. The highest BCUT2D eigenvalue weighted by molar-refractivity contribution is 6.14. The minimum atomic E-state index is 0. The summed E-state index contributed by atoms with van der Waals surface area (Å²) in [4.78, 5) is 14.1. The fourth-order valence-corrected chi connectivity index (χ4v) is 3.18. The second-order valence-corrected chi connectivity index (χ2v) is 5.91. The van der Waals surface area contributed by atoms with Gasteiger partial charge in [-0.2, -0.15) is 0 Å². The van der Waals surface area contributed by atoms with Crippen molar-refractivity contribution in [2.24, 2.45) is 0 Å². The van der Waals surface area contributed by atoms with E-state index >= 15 is 0 Å². The molecule has 0 fully saturated rings. The molecule has 0 radical (unpaired) electrons. The Hall–Kier alpha value is -1.14. The third-order valence-corrected chi connectivity index (χ3v) is 4.01. The molecule has 106 valence electrons. The number of anilines is 1. The van der Waals surface area contributed by atoms with Crippen LogP contribution in [0.3, 0.4) is 0 Å². The fourth-order valence-electron chi connectivity index (χ4n) is 3.18. The van der Waals surface area contributed by atoms with Crippen molar-refractivity contribution in [2.45, 2.75) is 6.92 Å². The van der Waals surface area contributed by atoms with Crippen molar-refractivity contribution in [3.05, 3.63) is 35.9 Å². The van der Waals surface area contributed by atoms with Gasteiger partial charge in [-0.05, 0) is 25.1 Å². The van der Waals surface area contributed by atoms with E-state index in [2.05, 4.69) is 50.3 Å². The molecule has 0 aliphatic carbocycles. The van der Waals surface area contributed by atoms with Gasteiger partial charge in [-0.1, -0.05) is 12.1 Å². The minimum absolute atomic E-state index is 0. The molecule has 0 saturated carbocycles. The van der Waals surface area contributed by atoms with Crippen molar-refractivity contribution in [1.29, 1.82) is 0 Å². The summed E-state index contributed by atoms with van der Waals surface area (Å²) < 4.78 is 0.808. The van der Waals surface area contributed by atoms with Crippen LogP contribution >= 0.6 is 0 Å². The highest BCUT2D eigenvalue weighted by Crippen LogP contribution is 2.41. The predicted molar refractivity (Wildman–Crippen MR) is 80.9 cm³/mol. The molecule has 0 saturated heterocycles. The largest absolute Gasteiger partial charge is 1.00 e. The standard InChI is InChI=1S/C16H19N2O.HI/c1-11(19)12-8-9-14-16-13(12)6-5-7-15(16)18(3,4)10-17(14)2;/h5-9H,10H2,1-4H3;1H/q+1;/p-1. The molecule has 0 aromatic heterocycles. The maximum atomic E-state index is 11.8. The first-order valence-electron chi connectivity index (χ1n) is 6.53. The molecular formula is C16H19IN2O. The second-order valence-electron chi connectivity index (χ2n) is 5.91. The molecule has 4 heteroatoms. The van der Waals surface area contributed by atoms with Gasteiger partial charge >= 0.3 is 0 Å². The second kappa shape index (κ2) is 5.00. The number of ketones is 1. The SMILES string of the molecule is CC(=O)c1ccc2c3c(cccc13)[N+](C)(C)CN2C.[I-]. The number of benzene rings is 2. The van der Waals surface area contributed by atoms with Crippen LogP contribution in [0.4, 0.5) is 11.4 Å². The van der Waals surface area contributed by atoms with Crippen molar-refractivity contribution in [1.82, 2.24) is 4.48 Å². The van der Waals surface area contributed by atoms with Crippen LogP contribution in [0, 0.1) is 0 Å². The number of hydrogen-bond donors (Lipinski definition) is 0. The Kier molecular flexibility index (Phi) is 3.81. The lowest BCUT2D eigenvalue weighted by Gasteiger charge is -2.40. The number of hydrogen-bond acceptors (Lipinski definition) is 2. The summed E-state index contributed by atoms with van der Waals surface area (Å²) >= 11 is 0. The number of nitrogens with zero attached hydrogens (tertiary/aromatic N) is 2. The van der Waals surface area contributed by atoms with Gasteiger partial charge in [-0.25, -0.2) is 0 Å². The molecule has 1 heterocycles. The number of rotatable bonds is 1. The zero-order valence-corrected chi connectivity index (χ0v) is 14.4. The third-order valence-electron chi connectivity index (χ3n) is 4.01. The van der Waals surface area contributed by atoms with E-state index in [9.17, 15) is 4.79 Å². The van der Waals surface area contributed by atoms with E-state index in [1.54, 1.807) is 6.92 Å². The van der Waals surface area contributed by atoms with Crippen LogP contribution in [0.2, 0.25) is 0 Å². The van der Waals surface area contributed by atoms with Gasteiger partial charge < -0.3 is 28.9 Å². The highest BCUT2D eigenvalue weighted by Gasteiger charge is 2.31. The van der Waals surface area contributed by atoms with E-state index in [1.807, 2.05) is 6.07 Å². The van der Waals surface area contributed by atoms with Crippen LogP contribution in [0.5, 0.6) is 0 Å². The van der Waals surface area contributed by atoms with Gasteiger partial charge in [0.15, 0.2) is 12.5 Å². The quantitative estimate of drug-likeness (QED) is 0.394. The molecule has 2 aromatic rings. The number of Topliss-reactive ketones (excluding diaryl/α,β-unsaturated/α-hetero) is 1. The molecule has 0 amide bonds. The average molecular weight is 382 g/mol. The van der Waals surface area contributed by atoms with E-state index in [4.69, 9.17) is 0 Å². The molecule has 0 unspecified atom stereocenters. The molecule has 0 spiro atoms. The molecule has 0 atom stereocenters. The summed E-state index contributed by atoms with van der Waals surface area (Å²) in [5.74, 6) is 0.127. The van der Waals surface area contributed by atoms with Gasteiger partial charge in [0, 0.05) is 18.0 Å². The van der Waals surface area contributed by atoms with Gasteiger partial charge in [0.05, 0.1) is 25.2 Å². The lowest BCUT2D eigenvalue weighted by molar-refractivity contribution is -0.0000121. The predicted octanol–water partition coefficient (Wildman–Crippen LogP) is 0.0206. The monoisotopic (exact) mass is 382 g/mol. The number of carbonyl (C=O) groups excluding carboxylic acids is 1. The molecule has 2 aromatic carbocycles. The summed E-state index contributed by atoms with van der Waals surface area (Å²) in [6.45, 7) is 2.57. The van der Waals surface area contributed by atoms with Gasteiger partial charge in [0.1, 0.15) is 5.69 Å². The lowest BCUT2D eigenvalue weighted by Crippen LogP contribution is -3.00. The van der Waals surface area contributed by atoms with Crippen LogP contribution < -0.4 is 33.4 Å². The summed E-state index contributed by atoms with van der Waals surface area (Å²) in [5.41, 5.74) is 3.32. The molecule has 1 aliphatic heterocycles. The minimum Gasteiger partial charge on any atom is -1.00 e. The smallest absolute Gasteiger partial charge is 0.160 e. The van der Waals surface area contributed by atoms with Crippen LogP contribution in [0.15, 0.2) is 30.3 Å². The van der Waals surface area contributed by atoms with E-state index in [-0.39, 0.29) is 29.8 Å². The molecular weight excluding hydrogens is 363 g/mol. The van der Waals surface area contributed by atoms with Crippen LogP contribution in [0.1, 0.15) is 17.3 Å². The zero-order valence-electron chi connectivity index (χ0n) is 12.3. The first-order valence-corrected chi connectivity index (χ1v) is 6.53. The fraction of sp³-hybridized carbons (Fsp3) is 0.312. The normalized spacial score (nSPS) is 15.9. The number of carbonyl (C=O) groups is 1. The van der Waals surface area contributed by atoms with Crippen LogP contribution in [0.25, 0.3) is 10.8 Å². The lowest BCUT2D eigenvalue weighted by atomic mass is 9.96. The number of halogens is 1. The molecule has 0 bridgehead atoms. The van der Waals surface area contributed by atoms with Gasteiger partial charge in [-0.3, -0.25) is 9.28 Å². The first kappa shape index (κ1) is 15.3. The Morgan fingerprint density at radius 2 is 1.90 bits per heavy atom. The van der Waals surface area contributed by atoms with Crippen molar-refractivity contribution in [3.63, 3.8) is 0 Å². The third kappa shape index (κ3) is 2.11. The average Bonchev–Trinajstić information content (AvgIpc) is 2.34. The van der Waals surface area contributed by atoms with Crippen molar-refractivity contribution >= 4 is 27.9 Å². The maximum absolute atomic E-state index is 11.8. The maximum Gasteiger partial charge on any atom is 0.160 e. The highest BCUT2D eigenvalue weighted by atomic mass is 127. The summed E-state index contributed by atoms with van der Waals surface area (Å²) in [6, 6.07) is 10.3. The summed E-state index contributed by atoms with van der Waals surface area (Å²) in [7, 11) is 6.52. The number of quaternary nitrogens is 1. The Bertz CT molecular complexity index is 694. The topological polar surface area (TPSA) is 20.3 Å². The van der Waals surface area contributed by atoms with Crippen LogP contribution in [-0.4, -0.2) is 33.6 Å². The van der Waals surface area contributed by atoms with Crippen molar-refractivity contribution in [2.75, 3.05) is 32.7 Å². The Morgan fingerprint density at radius 1 is 1.20 bits per heavy atom. The Morgan fingerprint density at radius 3 is 2.55 bits per heavy atom. The summed E-state index contributed by atoms with van der Waals surface area (Å²) in [6.07, 6.45) is 0. The van der Waals surface area contributed by atoms with Gasteiger partial charge in [0.2, 0.25) is 0 Å². The molecule has 0 N–H and O–H groups in total. The van der Waals surface area contributed by atoms with Crippen molar-refractivity contribution in [3.8, 4) is 0 Å². The molecule has 20 heavy (non-hydrogen) atoms. The van der Waals surface area contributed by atoms with E-state index in [0.717, 1.165) is 22.1 Å². The zero-order chi connectivity index (χ0) is 13.8. The van der Waals surface area contributed by atoms with E-state index in [1.165, 1.54) is 16.8 Å². The van der Waals surface area contributed by atoms with E-state index < -0.39 is 0 Å². The van der Waals surface area contributed by atoms with Crippen LogP contribution in [-0.2, 0) is 0 Å². The molecule has 3 rings (SSSR count). The first-order chi connectivity index (χ1) is 8.92. The molecule has 3 nitrogen and oxygen atoms in total. The Labute approximate surface area is 136 Å². The van der Waals surface area contributed by atoms with Crippen molar-refractivity contribution < 1.29 is 28.8 Å². The summed E-state index contributed by atoms with van der Waals surface area (Å²) in [5, 5.41) is 2.29. The van der Waals surface area contributed by atoms with Gasteiger partial charge in [-0.15, -0.1) is 0 Å². The Balaban J connectivity index is 0.00000147. The van der Waals surface area contributed by atoms with E-state index in [0.29, 0.717) is 0 Å².